The van der Waals surface area contributed by atoms with Gasteiger partial charge in [0.25, 0.3) is 0 Å². The summed E-state index contributed by atoms with van der Waals surface area (Å²) in [5, 5.41) is 10.9. The molecule has 2 saturated heterocycles. The van der Waals surface area contributed by atoms with E-state index in [0.29, 0.717) is 47.3 Å². The molecule has 0 radical (unpaired) electrons. The third kappa shape index (κ3) is 4.06. The Morgan fingerprint density at radius 3 is 2.73 bits per heavy atom. The van der Waals surface area contributed by atoms with E-state index in [2.05, 4.69) is 20.9 Å². The minimum absolute atomic E-state index is 0.00746. The van der Waals surface area contributed by atoms with Gasteiger partial charge in [-0.25, -0.2) is 19.7 Å². The zero-order valence-electron chi connectivity index (χ0n) is 22.6. The maximum Gasteiger partial charge on any atom is 0.326 e. The highest BCUT2D eigenvalue weighted by atomic mass is 32.2. The molecular weight excluding hydrogens is 540 g/mol. The quantitative estimate of drug-likeness (QED) is 0.470. The van der Waals surface area contributed by atoms with Gasteiger partial charge in [-0.15, -0.1) is 0 Å². The lowest BCUT2D eigenvalue weighted by atomic mass is 9.73. The molecule has 5 aliphatic rings. The van der Waals surface area contributed by atoms with Crippen molar-refractivity contribution in [2.45, 2.75) is 66.8 Å². The number of hydrogen-bond donors (Lipinski definition) is 2. The summed E-state index contributed by atoms with van der Waals surface area (Å²) in [5.41, 5.74) is 9.59. The second-order valence-corrected chi connectivity index (χ2v) is 12.8. The summed E-state index contributed by atoms with van der Waals surface area (Å²) in [6, 6.07) is 6.30. The summed E-state index contributed by atoms with van der Waals surface area (Å²) in [6.07, 6.45) is 10.2. The molecule has 41 heavy (non-hydrogen) atoms. The molecule has 8 rings (SSSR count). The highest BCUT2D eigenvalue weighted by Crippen LogP contribution is 2.51. The number of fused-ring (bicyclic) bond motifs is 4. The van der Waals surface area contributed by atoms with Crippen LogP contribution in [0.4, 0.5) is 16.4 Å². The molecule has 3 aliphatic heterocycles. The fraction of sp³-hybridized carbons (Fsp3) is 0.483. The molecule has 3 aromatic heterocycles. The average molecular weight is 573 g/mol. The van der Waals surface area contributed by atoms with E-state index in [1.54, 1.807) is 17.3 Å². The van der Waals surface area contributed by atoms with Gasteiger partial charge in [0.2, 0.25) is 0 Å². The Balaban J connectivity index is 0.999. The van der Waals surface area contributed by atoms with E-state index in [-0.39, 0.29) is 30.1 Å². The summed E-state index contributed by atoms with van der Waals surface area (Å²) >= 11 is 1.41. The van der Waals surface area contributed by atoms with Crippen LogP contribution in [-0.2, 0) is 13.0 Å². The van der Waals surface area contributed by atoms with Crippen molar-refractivity contribution in [2.75, 3.05) is 36.0 Å². The Morgan fingerprint density at radius 2 is 1.95 bits per heavy atom. The number of piperidine rings is 1. The zero-order valence-corrected chi connectivity index (χ0v) is 23.5. The second kappa shape index (κ2) is 9.53. The SMILES string of the molecule is N[C@@H]1c2cccnc2CC12CCN(c1ncc(Sc3ccnc4c3OCC3CN(C5CC5)C(=O)N43)nc1CO)CC2. The number of aromatic nitrogens is 4. The molecule has 3 fully saturated rings. The van der Waals surface area contributed by atoms with E-state index >= 15 is 0 Å². The smallest absolute Gasteiger partial charge is 0.326 e. The number of urea groups is 1. The van der Waals surface area contributed by atoms with Crippen molar-refractivity contribution in [2.24, 2.45) is 11.1 Å². The van der Waals surface area contributed by atoms with E-state index in [0.717, 1.165) is 55.8 Å². The summed E-state index contributed by atoms with van der Waals surface area (Å²) in [5.74, 6) is 1.88. The fourth-order valence-corrected chi connectivity index (χ4v) is 7.85. The van der Waals surface area contributed by atoms with Crippen LogP contribution in [0.25, 0.3) is 0 Å². The van der Waals surface area contributed by atoms with E-state index in [1.807, 2.05) is 23.2 Å². The number of aliphatic hydroxyl groups excluding tert-OH is 1. The number of nitrogens with zero attached hydrogens (tertiary/aromatic N) is 7. The van der Waals surface area contributed by atoms with Crippen LogP contribution in [0.15, 0.2) is 46.7 Å². The first-order valence-corrected chi connectivity index (χ1v) is 15.2. The standard InChI is InChI=1S/C29H32N8O3S/c30-25-19-2-1-8-31-20(19)12-29(25)6-10-35(11-7-29)26-21(15-38)34-23(13-33-26)41-22-5-9-32-27-24(22)40-16-18-14-36(17-3-4-17)28(39)37(18)27/h1-2,5,8-9,13,17-18,25,38H,3-4,6-7,10-12,14-16,30H2/t18?,25-/m1/s1. The van der Waals surface area contributed by atoms with Gasteiger partial charge >= 0.3 is 6.03 Å². The van der Waals surface area contributed by atoms with Crippen molar-refractivity contribution in [3.63, 3.8) is 0 Å². The van der Waals surface area contributed by atoms with Crippen molar-refractivity contribution < 1.29 is 14.6 Å². The Morgan fingerprint density at radius 1 is 1.10 bits per heavy atom. The van der Waals surface area contributed by atoms with Crippen LogP contribution in [0.3, 0.4) is 0 Å². The number of ether oxygens (including phenoxy) is 1. The second-order valence-electron chi connectivity index (χ2n) is 11.7. The normalized spacial score (nSPS) is 24.3. The van der Waals surface area contributed by atoms with Gasteiger partial charge in [-0.1, -0.05) is 17.8 Å². The van der Waals surface area contributed by atoms with Crippen molar-refractivity contribution in [3.05, 3.63) is 53.7 Å². The minimum Gasteiger partial charge on any atom is -0.486 e. The number of pyridine rings is 2. The zero-order chi connectivity index (χ0) is 27.7. The minimum atomic E-state index is -0.209. The third-order valence-electron chi connectivity index (χ3n) is 9.37. The highest BCUT2D eigenvalue weighted by Gasteiger charge is 2.49. The van der Waals surface area contributed by atoms with Crippen LogP contribution in [0.5, 0.6) is 5.75 Å². The number of nitrogens with two attached hydrogens (primary N) is 1. The summed E-state index contributed by atoms with van der Waals surface area (Å²) in [6.45, 7) is 2.51. The maximum absolute atomic E-state index is 13.2. The van der Waals surface area contributed by atoms with Gasteiger partial charge in [0.05, 0.1) is 23.7 Å². The molecule has 0 aromatic carbocycles. The first-order chi connectivity index (χ1) is 20.0. The largest absolute Gasteiger partial charge is 0.486 e. The van der Waals surface area contributed by atoms with Gasteiger partial charge in [0.1, 0.15) is 17.3 Å². The molecule has 6 heterocycles. The Kier molecular flexibility index (Phi) is 5.87. The molecule has 2 aliphatic carbocycles. The number of anilines is 2. The fourth-order valence-electron chi connectivity index (χ4n) is 6.99. The maximum atomic E-state index is 13.2. The van der Waals surface area contributed by atoms with Gasteiger partial charge in [0.15, 0.2) is 17.4 Å². The molecular formula is C29H32N8O3S. The Bertz CT molecular complexity index is 1530. The van der Waals surface area contributed by atoms with Crippen LogP contribution in [0.2, 0.25) is 0 Å². The lowest BCUT2D eigenvalue weighted by Crippen LogP contribution is -2.45. The summed E-state index contributed by atoms with van der Waals surface area (Å²) in [4.78, 5) is 38.6. The number of hydrogen-bond acceptors (Lipinski definition) is 10. The van der Waals surface area contributed by atoms with Gasteiger partial charge in [0, 0.05) is 49.8 Å². The molecule has 2 amide bonds. The number of amides is 2. The Labute approximate surface area is 242 Å². The van der Waals surface area contributed by atoms with Crippen LogP contribution in [-0.4, -0.2) is 74.3 Å². The average Bonchev–Trinajstić information content (AvgIpc) is 3.74. The number of carbonyl (C=O) groups is 1. The number of rotatable bonds is 5. The van der Waals surface area contributed by atoms with Crippen molar-refractivity contribution >= 4 is 29.4 Å². The predicted octanol–water partition coefficient (Wildman–Crippen LogP) is 2.92. The number of carbonyl (C=O) groups excluding carboxylic acids is 1. The van der Waals surface area contributed by atoms with Crippen LogP contribution in [0.1, 0.15) is 48.7 Å². The molecule has 3 N–H and O–H groups in total. The first-order valence-electron chi connectivity index (χ1n) is 14.4. The molecule has 212 valence electrons. The molecule has 1 unspecified atom stereocenters. The van der Waals surface area contributed by atoms with Crippen LogP contribution >= 0.6 is 11.8 Å². The molecule has 12 heteroatoms. The predicted molar refractivity (Wildman–Crippen MR) is 152 cm³/mol. The van der Waals surface area contributed by atoms with E-state index in [9.17, 15) is 9.90 Å². The summed E-state index contributed by atoms with van der Waals surface area (Å²) in [7, 11) is 0. The van der Waals surface area contributed by atoms with Gasteiger partial charge in [-0.05, 0) is 55.2 Å². The van der Waals surface area contributed by atoms with Crippen LogP contribution in [0, 0.1) is 5.41 Å². The molecule has 2 atom stereocenters. The summed E-state index contributed by atoms with van der Waals surface area (Å²) < 4.78 is 6.17. The van der Waals surface area contributed by atoms with E-state index in [1.165, 1.54) is 17.3 Å². The molecule has 11 nitrogen and oxygen atoms in total. The van der Waals surface area contributed by atoms with Crippen molar-refractivity contribution in [1.82, 2.24) is 24.8 Å². The molecule has 3 aromatic rings. The van der Waals surface area contributed by atoms with Crippen molar-refractivity contribution in [3.8, 4) is 5.75 Å². The molecule has 1 spiro atoms. The molecule has 1 saturated carbocycles. The lowest BCUT2D eigenvalue weighted by molar-refractivity contribution is 0.186. The first kappa shape index (κ1) is 25.2. The van der Waals surface area contributed by atoms with Crippen molar-refractivity contribution in [1.29, 1.82) is 0 Å². The lowest BCUT2D eigenvalue weighted by Gasteiger charge is -2.42. The Hall–Kier alpha value is -3.48. The van der Waals surface area contributed by atoms with E-state index < -0.39 is 0 Å². The van der Waals surface area contributed by atoms with E-state index in [4.69, 9.17) is 20.4 Å². The topological polar surface area (TPSA) is 134 Å². The molecule has 0 bridgehead atoms. The third-order valence-corrected chi connectivity index (χ3v) is 10.3. The van der Waals surface area contributed by atoms with Gasteiger partial charge in [-0.3, -0.25) is 9.88 Å². The monoisotopic (exact) mass is 572 g/mol. The highest BCUT2D eigenvalue weighted by molar-refractivity contribution is 7.99. The van der Waals surface area contributed by atoms with Gasteiger partial charge < -0.3 is 25.4 Å². The van der Waals surface area contributed by atoms with Crippen LogP contribution < -0.4 is 20.3 Å². The number of aliphatic hydroxyl groups is 1. The van der Waals surface area contributed by atoms with Gasteiger partial charge in [-0.2, -0.15) is 0 Å².